The van der Waals surface area contributed by atoms with Crippen molar-refractivity contribution in [2.45, 2.75) is 32.7 Å². The molecule has 0 aliphatic heterocycles. The highest BCUT2D eigenvalue weighted by Crippen LogP contribution is 2.21. The van der Waals surface area contributed by atoms with E-state index in [1.165, 1.54) is 4.68 Å². The predicted molar refractivity (Wildman–Crippen MR) is 77.7 cm³/mol. The zero-order valence-corrected chi connectivity index (χ0v) is 12.6. The quantitative estimate of drug-likeness (QED) is 0.929. The van der Waals surface area contributed by atoms with Gasteiger partial charge >= 0.3 is 0 Å². The summed E-state index contributed by atoms with van der Waals surface area (Å²) in [6.07, 6.45) is 1.64. The van der Waals surface area contributed by atoms with Crippen LogP contribution >= 0.6 is 0 Å². The maximum atomic E-state index is 12.3. The van der Waals surface area contributed by atoms with E-state index < -0.39 is 0 Å². The van der Waals surface area contributed by atoms with Crippen molar-refractivity contribution in [3.63, 3.8) is 0 Å². The smallest absolute Gasteiger partial charge is 0.275 e. The second-order valence-electron chi connectivity index (χ2n) is 5.80. The van der Waals surface area contributed by atoms with Crippen molar-refractivity contribution in [2.75, 3.05) is 5.32 Å². The molecule has 0 saturated heterocycles. The van der Waals surface area contributed by atoms with Crippen molar-refractivity contribution >= 4 is 11.7 Å². The van der Waals surface area contributed by atoms with Crippen LogP contribution in [0.1, 0.15) is 37.0 Å². The minimum atomic E-state index is -0.275. The van der Waals surface area contributed by atoms with Crippen LogP contribution in [0.3, 0.4) is 0 Å². The van der Waals surface area contributed by atoms with Crippen molar-refractivity contribution in [1.29, 1.82) is 5.26 Å². The largest absolute Gasteiger partial charge is 0.304 e. The first kappa shape index (κ1) is 14.8. The van der Waals surface area contributed by atoms with E-state index in [1.54, 1.807) is 30.1 Å². The van der Waals surface area contributed by atoms with Gasteiger partial charge in [-0.2, -0.15) is 15.5 Å². The summed E-state index contributed by atoms with van der Waals surface area (Å²) >= 11 is 0. The van der Waals surface area contributed by atoms with Crippen LogP contribution in [0.4, 0.5) is 5.82 Å². The standard InChI is InChI=1S/C14H18N6O/c1-14(2,3)11-9-10(19(4)17-11)13(21)16-12-5-7-20(18-12)8-6-15/h5,7,9H,8H2,1-4H3,(H,16,18,21). The van der Waals surface area contributed by atoms with E-state index in [4.69, 9.17) is 5.26 Å². The second-order valence-corrected chi connectivity index (χ2v) is 5.80. The van der Waals surface area contributed by atoms with E-state index in [0.29, 0.717) is 11.5 Å². The Morgan fingerprint density at radius 1 is 1.43 bits per heavy atom. The fourth-order valence-corrected chi connectivity index (χ4v) is 1.82. The lowest BCUT2D eigenvalue weighted by molar-refractivity contribution is 0.101. The first-order valence-electron chi connectivity index (χ1n) is 6.57. The molecule has 110 valence electrons. The lowest BCUT2D eigenvalue weighted by Gasteiger charge is -2.13. The van der Waals surface area contributed by atoms with Gasteiger partial charge in [-0.25, -0.2) is 0 Å². The minimum Gasteiger partial charge on any atom is -0.304 e. The topological polar surface area (TPSA) is 88.5 Å². The van der Waals surface area contributed by atoms with Gasteiger partial charge in [-0.3, -0.25) is 14.2 Å². The van der Waals surface area contributed by atoms with Crippen molar-refractivity contribution in [1.82, 2.24) is 19.6 Å². The highest BCUT2D eigenvalue weighted by Gasteiger charge is 2.22. The third-order valence-corrected chi connectivity index (χ3v) is 3.00. The molecule has 0 atom stereocenters. The Hall–Kier alpha value is -2.62. The van der Waals surface area contributed by atoms with Gasteiger partial charge in [0.1, 0.15) is 12.2 Å². The molecule has 2 rings (SSSR count). The normalized spacial score (nSPS) is 11.2. The third-order valence-electron chi connectivity index (χ3n) is 3.00. The number of carbonyl (C=O) groups is 1. The van der Waals surface area contributed by atoms with Crippen molar-refractivity contribution in [3.05, 3.63) is 29.7 Å². The first-order valence-corrected chi connectivity index (χ1v) is 6.57. The van der Waals surface area contributed by atoms with Crippen LogP contribution in [-0.4, -0.2) is 25.5 Å². The van der Waals surface area contributed by atoms with Gasteiger partial charge in [-0.15, -0.1) is 0 Å². The fourth-order valence-electron chi connectivity index (χ4n) is 1.82. The molecule has 21 heavy (non-hydrogen) atoms. The molecule has 2 heterocycles. The third kappa shape index (κ3) is 3.28. The Bertz CT molecular complexity index is 698. The molecule has 0 aliphatic carbocycles. The fraction of sp³-hybridized carbons (Fsp3) is 0.429. The summed E-state index contributed by atoms with van der Waals surface area (Å²) in [4.78, 5) is 12.3. The monoisotopic (exact) mass is 286 g/mol. The van der Waals surface area contributed by atoms with Crippen LogP contribution < -0.4 is 5.32 Å². The Morgan fingerprint density at radius 2 is 2.14 bits per heavy atom. The summed E-state index contributed by atoms with van der Waals surface area (Å²) in [6.45, 7) is 6.28. The molecule has 0 saturated carbocycles. The lowest BCUT2D eigenvalue weighted by Crippen LogP contribution is -2.16. The molecule has 0 fully saturated rings. The summed E-state index contributed by atoms with van der Waals surface area (Å²) in [5, 5.41) is 19.7. The number of rotatable bonds is 3. The van der Waals surface area contributed by atoms with E-state index >= 15 is 0 Å². The molecule has 7 nitrogen and oxygen atoms in total. The van der Waals surface area contributed by atoms with Gasteiger partial charge in [0.2, 0.25) is 0 Å². The first-order chi connectivity index (χ1) is 9.81. The maximum Gasteiger partial charge on any atom is 0.275 e. The van der Waals surface area contributed by atoms with Crippen LogP contribution in [0.2, 0.25) is 0 Å². The Kier molecular flexibility index (Phi) is 3.80. The lowest BCUT2D eigenvalue weighted by atomic mass is 9.92. The highest BCUT2D eigenvalue weighted by atomic mass is 16.2. The summed E-state index contributed by atoms with van der Waals surface area (Å²) in [5.74, 6) is 0.136. The second kappa shape index (κ2) is 5.40. The number of anilines is 1. The zero-order chi connectivity index (χ0) is 15.6. The molecule has 0 spiro atoms. The van der Waals surface area contributed by atoms with Gasteiger partial charge in [0.25, 0.3) is 5.91 Å². The number of aryl methyl sites for hydroxylation is 1. The molecule has 0 aromatic carbocycles. The zero-order valence-electron chi connectivity index (χ0n) is 12.6. The number of hydrogen-bond acceptors (Lipinski definition) is 4. The molecule has 0 radical (unpaired) electrons. The minimum absolute atomic E-state index is 0.120. The van der Waals surface area contributed by atoms with E-state index in [2.05, 4.69) is 15.5 Å². The number of nitrogens with one attached hydrogen (secondary N) is 1. The Labute approximate surface area is 123 Å². The van der Waals surface area contributed by atoms with Gasteiger partial charge in [-0.05, 0) is 6.07 Å². The molecular weight excluding hydrogens is 268 g/mol. The van der Waals surface area contributed by atoms with Crippen LogP contribution in [0, 0.1) is 11.3 Å². The van der Waals surface area contributed by atoms with E-state index in [0.717, 1.165) is 5.69 Å². The number of carbonyl (C=O) groups excluding carboxylic acids is 1. The molecule has 0 aliphatic rings. The molecule has 2 aromatic rings. The van der Waals surface area contributed by atoms with Gasteiger partial charge in [0.05, 0.1) is 11.8 Å². The number of amides is 1. The molecule has 1 N–H and O–H groups in total. The number of aromatic nitrogens is 4. The number of nitriles is 1. The van der Waals surface area contributed by atoms with Gasteiger partial charge in [-0.1, -0.05) is 20.8 Å². The van der Waals surface area contributed by atoms with E-state index in [-0.39, 0.29) is 17.9 Å². The summed E-state index contributed by atoms with van der Waals surface area (Å²) in [7, 11) is 1.73. The molecule has 1 amide bonds. The molecule has 2 aromatic heterocycles. The predicted octanol–water partition coefficient (Wildman–Crippen LogP) is 1.69. The molecule has 0 bridgehead atoms. The SMILES string of the molecule is Cn1nc(C(C)(C)C)cc1C(=O)Nc1ccn(CC#N)n1. The molecule has 0 unspecified atom stereocenters. The van der Waals surface area contributed by atoms with E-state index in [9.17, 15) is 4.79 Å². The summed E-state index contributed by atoms with van der Waals surface area (Å²) < 4.78 is 3.02. The van der Waals surface area contributed by atoms with Gasteiger partial charge in [0, 0.05) is 24.7 Å². The maximum absolute atomic E-state index is 12.3. The van der Waals surface area contributed by atoms with E-state index in [1.807, 2.05) is 26.8 Å². The molecular formula is C14H18N6O. The molecule has 7 heteroatoms. The highest BCUT2D eigenvalue weighted by molar-refractivity contribution is 6.02. The number of nitrogens with zero attached hydrogens (tertiary/aromatic N) is 5. The van der Waals surface area contributed by atoms with Crippen LogP contribution in [0.15, 0.2) is 18.3 Å². The van der Waals surface area contributed by atoms with Crippen molar-refractivity contribution in [3.8, 4) is 6.07 Å². The summed E-state index contributed by atoms with van der Waals surface area (Å²) in [5.41, 5.74) is 1.20. The average Bonchev–Trinajstić information content (AvgIpc) is 2.96. The van der Waals surface area contributed by atoms with Crippen molar-refractivity contribution < 1.29 is 4.79 Å². The Morgan fingerprint density at radius 3 is 2.71 bits per heavy atom. The van der Waals surface area contributed by atoms with Gasteiger partial charge in [0.15, 0.2) is 5.82 Å². The van der Waals surface area contributed by atoms with Crippen molar-refractivity contribution in [2.24, 2.45) is 7.05 Å². The van der Waals surface area contributed by atoms with Crippen LogP contribution in [0.25, 0.3) is 0 Å². The van der Waals surface area contributed by atoms with Crippen LogP contribution in [0.5, 0.6) is 0 Å². The summed E-state index contributed by atoms with van der Waals surface area (Å²) in [6, 6.07) is 5.41. The number of hydrogen-bond donors (Lipinski definition) is 1. The van der Waals surface area contributed by atoms with Gasteiger partial charge < -0.3 is 5.32 Å². The average molecular weight is 286 g/mol. The Balaban J connectivity index is 2.17. The van der Waals surface area contributed by atoms with Crippen LogP contribution in [-0.2, 0) is 19.0 Å².